The van der Waals surface area contributed by atoms with Crippen molar-refractivity contribution in [2.45, 2.75) is 13.0 Å². The topological polar surface area (TPSA) is 65.7 Å². The molecular formula is C18H25N3O4. The summed E-state index contributed by atoms with van der Waals surface area (Å²) >= 11 is 0. The zero-order valence-electron chi connectivity index (χ0n) is 15.4. The molecule has 7 nitrogen and oxygen atoms in total. The van der Waals surface area contributed by atoms with Gasteiger partial charge in [-0.2, -0.15) is 0 Å². The molecule has 0 unspecified atom stereocenters. The summed E-state index contributed by atoms with van der Waals surface area (Å²) in [6.45, 7) is 1.30. The minimum atomic E-state index is -0.309. The Kier molecular flexibility index (Phi) is 6.03. The van der Waals surface area contributed by atoms with Crippen LogP contribution in [0.5, 0.6) is 11.5 Å². The lowest BCUT2D eigenvalue weighted by Crippen LogP contribution is -2.39. The average molecular weight is 347 g/mol. The summed E-state index contributed by atoms with van der Waals surface area (Å²) in [5.74, 6) is 1.41. The van der Waals surface area contributed by atoms with Crippen LogP contribution < -0.4 is 20.7 Å². The molecule has 0 aliphatic carbocycles. The van der Waals surface area contributed by atoms with Crippen LogP contribution in [0.1, 0.15) is 11.3 Å². The summed E-state index contributed by atoms with van der Waals surface area (Å²) in [5.41, 5.74) is 1.23. The zero-order valence-corrected chi connectivity index (χ0v) is 15.4. The highest BCUT2D eigenvalue weighted by Crippen LogP contribution is 2.27. The smallest absolute Gasteiger partial charge is 0.330 e. The Hall–Kier alpha value is -2.54. The van der Waals surface area contributed by atoms with E-state index in [1.807, 2.05) is 25.2 Å². The summed E-state index contributed by atoms with van der Waals surface area (Å²) in [5, 5.41) is 0. The predicted molar refractivity (Wildman–Crippen MR) is 96.5 cm³/mol. The first kappa shape index (κ1) is 18.8. The molecule has 0 radical (unpaired) electrons. The number of methoxy groups -OCH3 is 2. The summed E-state index contributed by atoms with van der Waals surface area (Å²) in [7, 11) is 8.35. The van der Waals surface area contributed by atoms with Gasteiger partial charge in [-0.1, -0.05) is 6.07 Å². The first-order chi connectivity index (χ1) is 11.9. The summed E-state index contributed by atoms with van der Waals surface area (Å²) in [6.07, 6.45) is 0.815. The number of likely N-dealkylation sites (N-methyl/N-ethyl adjacent to an activating group) is 1. The molecule has 0 aliphatic rings. The number of nitrogens with zero attached hydrogens (tertiary/aromatic N) is 3. The molecule has 0 N–H and O–H groups in total. The molecule has 7 heteroatoms. The molecule has 1 heterocycles. The molecule has 2 aromatic rings. The number of rotatable bonds is 7. The summed E-state index contributed by atoms with van der Waals surface area (Å²) < 4.78 is 13.2. The average Bonchev–Trinajstić information content (AvgIpc) is 2.62. The van der Waals surface area contributed by atoms with Crippen LogP contribution in [0.15, 0.2) is 33.9 Å². The van der Waals surface area contributed by atoms with Gasteiger partial charge in [-0.25, -0.2) is 4.79 Å². The molecule has 25 heavy (non-hydrogen) atoms. The molecule has 0 saturated heterocycles. The standard InChI is InChI=1S/C18H25N3O4/c1-19(12-14-11-17(22)21(3)18(23)20(14)2)9-8-13-6-7-15(24-4)16(10-13)25-5/h6-7,10-11H,8-9,12H2,1-5H3. The third kappa shape index (κ3) is 4.30. The Morgan fingerprint density at radius 2 is 1.68 bits per heavy atom. The fourth-order valence-electron chi connectivity index (χ4n) is 2.64. The van der Waals surface area contributed by atoms with E-state index in [2.05, 4.69) is 4.90 Å². The predicted octanol–water partition coefficient (Wildman–Crippen LogP) is 0.776. The fourth-order valence-corrected chi connectivity index (χ4v) is 2.64. The fraction of sp³-hybridized carbons (Fsp3) is 0.444. The third-order valence-corrected chi connectivity index (χ3v) is 4.29. The molecule has 0 fully saturated rings. The van der Waals surface area contributed by atoms with Crippen LogP contribution in [0.4, 0.5) is 0 Å². The van der Waals surface area contributed by atoms with Gasteiger partial charge in [-0.05, 0) is 31.2 Å². The van der Waals surface area contributed by atoms with Crippen molar-refractivity contribution in [2.75, 3.05) is 27.8 Å². The van der Waals surface area contributed by atoms with Crippen LogP contribution in [-0.4, -0.2) is 41.8 Å². The van der Waals surface area contributed by atoms with Crippen LogP contribution in [0.25, 0.3) is 0 Å². The van der Waals surface area contributed by atoms with Gasteiger partial charge in [-0.3, -0.25) is 13.9 Å². The first-order valence-electron chi connectivity index (χ1n) is 8.02. The molecule has 0 atom stereocenters. The van der Waals surface area contributed by atoms with Gasteiger partial charge in [0.05, 0.1) is 14.2 Å². The highest BCUT2D eigenvalue weighted by molar-refractivity contribution is 5.42. The van der Waals surface area contributed by atoms with Crippen LogP contribution in [0.2, 0.25) is 0 Å². The molecule has 1 aromatic heterocycles. The molecule has 0 bridgehead atoms. The molecule has 0 aliphatic heterocycles. The van der Waals surface area contributed by atoms with E-state index >= 15 is 0 Å². The van der Waals surface area contributed by atoms with Crippen LogP contribution in [0, 0.1) is 0 Å². The van der Waals surface area contributed by atoms with Crippen molar-refractivity contribution < 1.29 is 9.47 Å². The van der Waals surface area contributed by atoms with Gasteiger partial charge in [0.15, 0.2) is 11.5 Å². The Balaban J connectivity index is 2.06. The lowest BCUT2D eigenvalue weighted by molar-refractivity contribution is 0.319. The minimum Gasteiger partial charge on any atom is -0.493 e. The number of ether oxygens (including phenoxy) is 2. The maximum absolute atomic E-state index is 12.0. The Morgan fingerprint density at radius 3 is 2.32 bits per heavy atom. The van der Waals surface area contributed by atoms with Crippen molar-refractivity contribution in [3.05, 3.63) is 56.4 Å². The third-order valence-electron chi connectivity index (χ3n) is 4.29. The van der Waals surface area contributed by atoms with Crippen molar-refractivity contribution in [2.24, 2.45) is 14.1 Å². The van der Waals surface area contributed by atoms with E-state index < -0.39 is 0 Å². The monoisotopic (exact) mass is 347 g/mol. The van der Waals surface area contributed by atoms with E-state index in [4.69, 9.17) is 9.47 Å². The molecule has 0 saturated carbocycles. The van der Waals surface area contributed by atoms with Crippen molar-refractivity contribution in [1.82, 2.24) is 14.0 Å². The van der Waals surface area contributed by atoms with Gasteiger partial charge in [0.1, 0.15) is 0 Å². The Labute approximate surface area is 147 Å². The van der Waals surface area contributed by atoms with Gasteiger partial charge in [0, 0.05) is 38.9 Å². The van der Waals surface area contributed by atoms with E-state index in [0.29, 0.717) is 23.7 Å². The lowest BCUT2D eigenvalue weighted by Gasteiger charge is -2.19. The Morgan fingerprint density at radius 1 is 1.00 bits per heavy atom. The van der Waals surface area contributed by atoms with Gasteiger partial charge in [0.25, 0.3) is 5.56 Å². The second-order valence-corrected chi connectivity index (χ2v) is 6.05. The van der Waals surface area contributed by atoms with E-state index in [1.54, 1.807) is 21.3 Å². The second-order valence-electron chi connectivity index (χ2n) is 6.05. The SMILES string of the molecule is COc1ccc(CCN(C)Cc2cc(=O)n(C)c(=O)n2C)cc1OC. The molecule has 0 amide bonds. The molecule has 136 valence electrons. The van der Waals surface area contributed by atoms with E-state index in [-0.39, 0.29) is 11.2 Å². The quantitative estimate of drug-likeness (QED) is 0.740. The maximum Gasteiger partial charge on any atom is 0.330 e. The van der Waals surface area contributed by atoms with Gasteiger partial charge in [-0.15, -0.1) is 0 Å². The number of aromatic nitrogens is 2. The van der Waals surface area contributed by atoms with E-state index in [0.717, 1.165) is 23.1 Å². The highest BCUT2D eigenvalue weighted by Gasteiger charge is 2.10. The van der Waals surface area contributed by atoms with Crippen molar-refractivity contribution >= 4 is 0 Å². The number of hydrogen-bond donors (Lipinski definition) is 0. The number of hydrogen-bond acceptors (Lipinski definition) is 5. The molecule has 0 spiro atoms. The van der Waals surface area contributed by atoms with Crippen LogP contribution >= 0.6 is 0 Å². The Bertz CT molecular complexity index is 854. The van der Waals surface area contributed by atoms with E-state index in [1.165, 1.54) is 17.7 Å². The lowest BCUT2D eigenvalue weighted by atomic mass is 10.1. The first-order valence-corrected chi connectivity index (χ1v) is 8.02. The van der Waals surface area contributed by atoms with Crippen LogP contribution in [0.3, 0.4) is 0 Å². The minimum absolute atomic E-state index is 0.286. The maximum atomic E-state index is 12.0. The van der Waals surface area contributed by atoms with Gasteiger partial charge < -0.3 is 14.4 Å². The highest BCUT2D eigenvalue weighted by atomic mass is 16.5. The zero-order chi connectivity index (χ0) is 18.6. The molecular weight excluding hydrogens is 322 g/mol. The van der Waals surface area contributed by atoms with Crippen molar-refractivity contribution in [3.8, 4) is 11.5 Å². The second kappa shape index (κ2) is 8.02. The molecule has 2 rings (SSSR count). The molecule has 1 aromatic carbocycles. The van der Waals surface area contributed by atoms with Gasteiger partial charge >= 0.3 is 5.69 Å². The summed E-state index contributed by atoms with van der Waals surface area (Å²) in [4.78, 5) is 25.9. The van der Waals surface area contributed by atoms with E-state index in [9.17, 15) is 9.59 Å². The van der Waals surface area contributed by atoms with Crippen molar-refractivity contribution in [3.63, 3.8) is 0 Å². The van der Waals surface area contributed by atoms with Crippen molar-refractivity contribution in [1.29, 1.82) is 0 Å². The van der Waals surface area contributed by atoms with Crippen LogP contribution in [-0.2, 0) is 27.1 Å². The summed E-state index contributed by atoms with van der Waals surface area (Å²) in [6, 6.07) is 7.36. The van der Waals surface area contributed by atoms with Gasteiger partial charge in [0.2, 0.25) is 0 Å². The number of benzene rings is 1. The normalized spacial score (nSPS) is 11.0. The largest absolute Gasteiger partial charge is 0.493 e.